The molecule has 0 bridgehead atoms. The molecule has 0 saturated heterocycles. The van der Waals surface area contributed by atoms with E-state index in [4.69, 9.17) is 15.8 Å². The van der Waals surface area contributed by atoms with Gasteiger partial charge in [-0.2, -0.15) is 18.3 Å². The molecule has 3 aromatic heterocycles. The number of halogens is 4. The van der Waals surface area contributed by atoms with Gasteiger partial charge in [-0.3, -0.25) is 4.79 Å². The van der Waals surface area contributed by atoms with Crippen molar-refractivity contribution in [3.63, 3.8) is 0 Å². The lowest BCUT2D eigenvalue weighted by molar-refractivity contribution is -0.141. The number of nitrogens with zero attached hydrogens (tertiary/aromatic N) is 8. The van der Waals surface area contributed by atoms with Crippen molar-refractivity contribution in [3.8, 4) is 11.4 Å². The predicted molar refractivity (Wildman–Crippen MR) is 125 cm³/mol. The van der Waals surface area contributed by atoms with Gasteiger partial charge in [-0.25, -0.2) is 14.1 Å². The number of hydrogen-bond donors (Lipinski definition) is 2. The fraction of sp³-hybridized carbons (Fsp3) is 0.0909. The number of rotatable bonds is 6. The van der Waals surface area contributed by atoms with Crippen LogP contribution in [0.4, 0.5) is 29.1 Å². The first kappa shape index (κ1) is 24.3. The summed E-state index contributed by atoms with van der Waals surface area (Å²) in [5, 5.41) is 13.1. The number of anilines is 2. The molecular formula is C22H14F4N10O2. The molecule has 0 aliphatic rings. The molecule has 0 atom stereocenters. The van der Waals surface area contributed by atoms with E-state index in [2.05, 4.69) is 30.6 Å². The molecule has 0 fully saturated rings. The molecule has 0 spiro atoms. The van der Waals surface area contributed by atoms with E-state index in [0.29, 0.717) is 23.0 Å². The van der Waals surface area contributed by atoms with Crippen LogP contribution in [0.3, 0.4) is 0 Å². The number of imidazole rings is 1. The van der Waals surface area contributed by atoms with E-state index in [1.165, 1.54) is 47.3 Å². The highest BCUT2D eigenvalue weighted by atomic mass is 19.4. The summed E-state index contributed by atoms with van der Waals surface area (Å²) in [6.07, 6.45) is -1.91. The number of hydrogen-bond acceptors (Lipinski definition) is 7. The highest BCUT2D eigenvalue weighted by molar-refractivity contribution is 6.04. The Labute approximate surface area is 208 Å². The Bertz CT molecular complexity index is 1730. The predicted octanol–water partition coefficient (Wildman–Crippen LogP) is 5.00. The highest BCUT2D eigenvalue weighted by Crippen LogP contribution is 2.31. The minimum atomic E-state index is -4.86. The Morgan fingerprint density at radius 3 is 2.71 bits per heavy atom. The van der Waals surface area contributed by atoms with Crippen LogP contribution in [-0.2, 0) is 12.7 Å². The van der Waals surface area contributed by atoms with Crippen molar-refractivity contribution in [1.82, 2.24) is 24.5 Å². The van der Waals surface area contributed by atoms with Gasteiger partial charge in [0, 0.05) is 35.1 Å². The molecule has 0 radical (unpaired) electrons. The Morgan fingerprint density at radius 2 is 1.97 bits per heavy atom. The smallest absolute Gasteiger partial charge is 0.380 e. The quantitative estimate of drug-likeness (QED) is 0.137. The Kier molecular flexibility index (Phi) is 5.92. The largest absolute Gasteiger partial charge is 0.435 e. The second kappa shape index (κ2) is 9.25. The summed E-state index contributed by atoms with van der Waals surface area (Å²) in [7, 11) is 0. The van der Waals surface area contributed by atoms with Crippen molar-refractivity contribution in [2.24, 2.45) is 5.11 Å². The zero-order valence-corrected chi connectivity index (χ0v) is 18.9. The summed E-state index contributed by atoms with van der Waals surface area (Å²) in [6.45, 7) is -0.0819. The zero-order chi connectivity index (χ0) is 27.0. The fourth-order valence-corrected chi connectivity index (χ4v) is 3.68. The summed E-state index contributed by atoms with van der Waals surface area (Å²) < 4.78 is 62.6. The molecule has 3 N–H and O–H groups in total. The number of fused-ring (bicyclic) bond motifs is 1. The number of nitrogens with one attached hydrogen (secondary N) is 1. The number of carbonyl (C=O) groups is 1. The summed E-state index contributed by atoms with van der Waals surface area (Å²) in [4.78, 5) is 19.7. The minimum absolute atomic E-state index is 0.00121. The molecule has 0 aliphatic heterocycles. The highest BCUT2D eigenvalue weighted by Gasteiger charge is 2.36. The molecule has 3 heterocycles. The topological polar surface area (TPSA) is 166 Å². The van der Waals surface area contributed by atoms with Crippen LogP contribution >= 0.6 is 0 Å². The Balaban J connectivity index is 1.49. The monoisotopic (exact) mass is 526 g/mol. The normalized spacial score (nSPS) is 11.5. The lowest BCUT2D eigenvalue weighted by Crippen LogP contribution is -2.18. The minimum Gasteiger partial charge on any atom is -0.380 e. The molecule has 5 aromatic rings. The van der Waals surface area contributed by atoms with Crippen molar-refractivity contribution in [2.45, 2.75) is 12.7 Å². The van der Waals surface area contributed by atoms with Gasteiger partial charge >= 0.3 is 6.18 Å². The van der Waals surface area contributed by atoms with Crippen LogP contribution < -0.4 is 11.1 Å². The third-order valence-electron chi connectivity index (χ3n) is 5.43. The zero-order valence-electron chi connectivity index (χ0n) is 18.9. The van der Waals surface area contributed by atoms with E-state index in [1.807, 2.05) is 0 Å². The van der Waals surface area contributed by atoms with Gasteiger partial charge in [0.2, 0.25) is 0 Å². The van der Waals surface area contributed by atoms with Gasteiger partial charge in [0.25, 0.3) is 5.91 Å². The van der Waals surface area contributed by atoms with E-state index < -0.39 is 29.3 Å². The molecule has 1 amide bonds. The van der Waals surface area contributed by atoms with Gasteiger partial charge in [-0.15, -0.1) is 0 Å². The van der Waals surface area contributed by atoms with Crippen molar-refractivity contribution in [3.05, 3.63) is 88.3 Å². The van der Waals surface area contributed by atoms with Crippen molar-refractivity contribution in [2.75, 3.05) is 11.1 Å². The molecule has 0 aliphatic carbocycles. The van der Waals surface area contributed by atoms with Crippen molar-refractivity contribution in [1.29, 1.82) is 0 Å². The number of benzene rings is 2. The van der Waals surface area contributed by atoms with Gasteiger partial charge in [-0.05, 0) is 35.9 Å². The summed E-state index contributed by atoms with van der Waals surface area (Å²) in [5.41, 5.74) is 12.8. The second-order valence-electron chi connectivity index (χ2n) is 7.79. The summed E-state index contributed by atoms with van der Waals surface area (Å²) in [6, 6.07) is 8.45. The van der Waals surface area contributed by atoms with Crippen LogP contribution in [0.15, 0.2) is 64.5 Å². The maximum atomic E-state index is 14.9. The Hall–Kier alpha value is -5.37. The molecule has 12 nitrogen and oxygen atoms in total. The van der Waals surface area contributed by atoms with Crippen LogP contribution in [0, 0.1) is 5.82 Å². The maximum absolute atomic E-state index is 14.9. The van der Waals surface area contributed by atoms with E-state index in [0.717, 1.165) is 10.7 Å². The first-order valence-corrected chi connectivity index (χ1v) is 10.6. The molecule has 192 valence electrons. The average Bonchev–Trinajstić information content (AvgIpc) is 3.62. The third kappa shape index (κ3) is 4.46. The van der Waals surface area contributed by atoms with E-state index in [-0.39, 0.29) is 29.3 Å². The number of nitrogens with two attached hydrogens (primary N) is 1. The van der Waals surface area contributed by atoms with Gasteiger partial charge in [0.05, 0.1) is 23.3 Å². The fourth-order valence-electron chi connectivity index (χ4n) is 3.68. The summed E-state index contributed by atoms with van der Waals surface area (Å²) >= 11 is 0. The van der Waals surface area contributed by atoms with Gasteiger partial charge in [-0.1, -0.05) is 10.3 Å². The van der Waals surface area contributed by atoms with Gasteiger partial charge in [0.15, 0.2) is 17.1 Å². The van der Waals surface area contributed by atoms with Crippen LogP contribution in [0.1, 0.15) is 22.0 Å². The SMILES string of the molecule is [N-]=[N+]=NCc1nccn1-c1ccc(NC(=O)c2cc(C(F)(F)F)nn2-c2ccc3onc(N)c3c2)c(F)c1. The molecule has 0 unspecified atom stereocenters. The second-order valence-corrected chi connectivity index (χ2v) is 7.79. The molecule has 2 aromatic carbocycles. The summed E-state index contributed by atoms with van der Waals surface area (Å²) in [5.74, 6) is -1.59. The Morgan fingerprint density at radius 1 is 1.18 bits per heavy atom. The first-order chi connectivity index (χ1) is 18.2. The lowest BCUT2D eigenvalue weighted by atomic mass is 10.2. The van der Waals surface area contributed by atoms with E-state index in [1.54, 1.807) is 0 Å². The van der Waals surface area contributed by atoms with Crippen LogP contribution in [0.2, 0.25) is 0 Å². The molecular weight excluding hydrogens is 512 g/mol. The number of aromatic nitrogens is 5. The van der Waals surface area contributed by atoms with E-state index in [9.17, 15) is 22.4 Å². The van der Waals surface area contributed by atoms with Gasteiger partial charge in [0.1, 0.15) is 17.3 Å². The molecule has 16 heteroatoms. The van der Waals surface area contributed by atoms with Crippen LogP contribution in [0.5, 0.6) is 0 Å². The number of carbonyl (C=O) groups excluding carboxylic acids is 1. The molecule has 5 rings (SSSR count). The standard InChI is InChI=1S/C22H14F4N10O2/c23-14-8-11(35-6-5-29-19(35)10-30-34-28)1-3-15(14)31-21(37)16-9-18(22(24,25)26)32-36(16)12-2-4-17-13(7-12)20(27)33-38-17/h1-9H,10H2,(H2,27,33)(H,31,37). The van der Waals surface area contributed by atoms with Crippen LogP contribution in [-0.4, -0.2) is 30.4 Å². The van der Waals surface area contributed by atoms with E-state index >= 15 is 0 Å². The first-order valence-electron chi connectivity index (χ1n) is 10.6. The van der Waals surface area contributed by atoms with Crippen LogP contribution in [0.25, 0.3) is 32.8 Å². The molecule has 0 saturated carbocycles. The third-order valence-corrected chi connectivity index (χ3v) is 5.43. The molecule has 38 heavy (non-hydrogen) atoms. The van der Waals surface area contributed by atoms with Crippen molar-refractivity contribution < 1.29 is 26.9 Å². The number of nitrogen functional groups attached to an aromatic ring is 1. The number of alkyl halides is 3. The van der Waals surface area contributed by atoms with Gasteiger partial charge < -0.3 is 20.1 Å². The lowest BCUT2D eigenvalue weighted by Gasteiger charge is -2.11. The maximum Gasteiger partial charge on any atom is 0.435 e. The average molecular weight is 526 g/mol. The number of azide groups is 1. The van der Waals surface area contributed by atoms with Crippen molar-refractivity contribution >= 4 is 28.4 Å². The number of amides is 1.